The normalized spacial score (nSPS) is 14.8. The number of ether oxygens (including phenoxy) is 2. The van der Waals surface area contributed by atoms with Gasteiger partial charge in [0.15, 0.2) is 11.5 Å². The Morgan fingerprint density at radius 3 is 2.89 bits per heavy atom. The van der Waals surface area contributed by atoms with E-state index in [9.17, 15) is 0 Å². The molecule has 0 bridgehead atoms. The highest BCUT2D eigenvalue weighted by molar-refractivity contribution is 5.49. The van der Waals surface area contributed by atoms with Gasteiger partial charge in [-0.2, -0.15) is 0 Å². The van der Waals surface area contributed by atoms with Crippen LogP contribution >= 0.6 is 0 Å². The van der Waals surface area contributed by atoms with E-state index < -0.39 is 0 Å². The Morgan fingerprint density at radius 1 is 1.22 bits per heavy atom. The first-order valence-corrected chi connectivity index (χ1v) is 6.95. The summed E-state index contributed by atoms with van der Waals surface area (Å²) in [4.78, 5) is 0. The number of fused-ring (bicyclic) bond motifs is 1. The highest BCUT2D eigenvalue weighted by atomic mass is 16.7. The van der Waals surface area contributed by atoms with Gasteiger partial charge in [-0.15, -0.1) is 0 Å². The largest absolute Gasteiger partial charge is 0.454 e. The summed E-state index contributed by atoms with van der Waals surface area (Å²) in [7, 11) is 0. The first kappa shape index (κ1) is 13.2. The van der Waals surface area contributed by atoms with Gasteiger partial charge in [0, 0.05) is 5.56 Å². The van der Waals surface area contributed by atoms with Crippen LogP contribution in [0.25, 0.3) is 0 Å². The van der Waals surface area contributed by atoms with Gasteiger partial charge in [0.1, 0.15) is 0 Å². The summed E-state index contributed by atoms with van der Waals surface area (Å²) in [6.07, 6.45) is 6.00. The number of benzene rings is 1. The van der Waals surface area contributed by atoms with E-state index in [0.29, 0.717) is 12.7 Å². The van der Waals surface area contributed by atoms with Gasteiger partial charge in [-0.25, -0.2) is 0 Å². The molecule has 0 amide bonds. The van der Waals surface area contributed by atoms with Crippen molar-refractivity contribution in [3.8, 4) is 11.5 Å². The van der Waals surface area contributed by atoms with E-state index in [2.05, 4.69) is 13.0 Å². The van der Waals surface area contributed by atoms with Crippen molar-refractivity contribution in [1.29, 1.82) is 0 Å². The molecule has 1 atom stereocenters. The van der Waals surface area contributed by atoms with Gasteiger partial charge in [0.05, 0.1) is 0 Å². The lowest BCUT2D eigenvalue weighted by molar-refractivity contribution is 0.173. The van der Waals surface area contributed by atoms with Crippen molar-refractivity contribution in [3.63, 3.8) is 0 Å². The lowest BCUT2D eigenvalue weighted by Crippen LogP contribution is -2.08. The summed E-state index contributed by atoms with van der Waals surface area (Å²) in [6, 6.07) is 6.17. The van der Waals surface area contributed by atoms with Crippen LogP contribution in [0.2, 0.25) is 0 Å². The highest BCUT2D eigenvalue weighted by Gasteiger charge is 2.22. The van der Waals surface area contributed by atoms with Crippen LogP contribution in [0.3, 0.4) is 0 Å². The van der Waals surface area contributed by atoms with E-state index in [1.54, 1.807) is 0 Å². The van der Waals surface area contributed by atoms with Crippen molar-refractivity contribution in [2.75, 3.05) is 13.3 Å². The van der Waals surface area contributed by atoms with Crippen LogP contribution in [0.5, 0.6) is 11.5 Å². The molecule has 0 spiro atoms. The third-order valence-electron chi connectivity index (χ3n) is 3.54. The van der Waals surface area contributed by atoms with Crippen molar-refractivity contribution in [3.05, 3.63) is 23.8 Å². The molecule has 0 aliphatic carbocycles. The summed E-state index contributed by atoms with van der Waals surface area (Å²) in [5.41, 5.74) is 7.01. The Hall–Kier alpha value is -1.22. The molecule has 0 saturated heterocycles. The van der Waals surface area contributed by atoms with E-state index >= 15 is 0 Å². The zero-order valence-electron chi connectivity index (χ0n) is 11.2. The highest BCUT2D eigenvalue weighted by Crippen LogP contribution is 2.41. The molecule has 18 heavy (non-hydrogen) atoms. The van der Waals surface area contributed by atoms with E-state index in [4.69, 9.17) is 15.2 Å². The number of hydrogen-bond donors (Lipinski definition) is 1. The molecule has 0 fully saturated rings. The first-order chi connectivity index (χ1) is 8.86. The molecular formula is C15H23NO2. The predicted octanol–water partition coefficient (Wildman–Crippen LogP) is 3.43. The molecule has 1 unspecified atom stereocenters. The summed E-state index contributed by atoms with van der Waals surface area (Å²) in [6.45, 7) is 3.30. The summed E-state index contributed by atoms with van der Waals surface area (Å²) in [5.74, 6) is 2.32. The van der Waals surface area contributed by atoms with E-state index in [-0.39, 0.29) is 0 Å². The summed E-state index contributed by atoms with van der Waals surface area (Å²) < 4.78 is 11.0. The second-order valence-electron chi connectivity index (χ2n) is 4.85. The van der Waals surface area contributed by atoms with Gasteiger partial charge >= 0.3 is 0 Å². The molecule has 0 radical (unpaired) electrons. The Balaban J connectivity index is 2.12. The molecule has 3 heteroatoms. The van der Waals surface area contributed by atoms with Crippen molar-refractivity contribution >= 4 is 0 Å². The second kappa shape index (κ2) is 6.64. The number of nitrogens with two attached hydrogens (primary N) is 1. The molecule has 2 N–H and O–H groups in total. The number of hydrogen-bond acceptors (Lipinski definition) is 3. The van der Waals surface area contributed by atoms with Gasteiger partial charge in [-0.1, -0.05) is 38.3 Å². The van der Waals surface area contributed by atoms with Crippen molar-refractivity contribution in [1.82, 2.24) is 0 Å². The minimum absolute atomic E-state index is 0.344. The molecule has 1 aromatic carbocycles. The van der Waals surface area contributed by atoms with E-state index in [1.165, 1.54) is 31.2 Å². The Kier molecular flexibility index (Phi) is 4.88. The first-order valence-electron chi connectivity index (χ1n) is 6.95. The molecule has 1 aromatic rings. The second-order valence-corrected chi connectivity index (χ2v) is 4.85. The van der Waals surface area contributed by atoms with Crippen molar-refractivity contribution < 1.29 is 9.47 Å². The van der Waals surface area contributed by atoms with E-state index in [1.807, 2.05) is 12.1 Å². The number of unbranched alkanes of at least 4 members (excludes halogenated alkanes) is 2. The average molecular weight is 249 g/mol. The molecule has 0 saturated carbocycles. The standard InChI is InChI=1S/C15H23NO2/c1-2-3-4-6-12(9-10-16)13-7-5-8-14-15(13)18-11-17-14/h5,7-8,12H,2-4,6,9-11,16H2,1H3. The molecule has 100 valence electrons. The van der Waals surface area contributed by atoms with Crippen LogP contribution in [0.15, 0.2) is 18.2 Å². The molecule has 2 rings (SSSR count). The Morgan fingerprint density at radius 2 is 2.11 bits per heavy atom. The Labute approximate surface area is 109 Å². The monoisotopic (exact) mass is 249 g/mol. The number of rotatable bonds is 7. The van der Waals surface area contributed by atoms with Gasteiger partial charge in [-0.05, 0) is 31.4 Å². The number of para-hydroxylation sites is 1. The van der Waals surface area contributed by atoms with Crippen LogP contribution in [0.1, 0.15) is 50.5 Å². The molecule has 1 heterocycles. The average Bonchev–Trinajstić information content (AvgIpc) is 2.86. The van der Waals surface area contributed by atoms with Gasteiger partial charge in [0.25, 0.3) is 0 Å². The fourth-order valence-electron chi connectivity index (χ4n) is 2.57. The molecule has 1 aliphatic rings. The summed E-state index contributed by atoms with van der Waals surface area (Å²) in [5, 5.41) is 0. The topological polar surface area (TPSA) is 44.5 Å². The van der Waals surface area contributed by atoms with Crippen molar-refractivity contribution in [2.45, 2.75) is 44.9 Å². The fourth-order valence-corrected chi connectivity index (χ4v) is 2.57. The SMILES string of the molecule is CCCCCC(CCN)c1cccc2c1OCO2. The Bertz CT molecular complexity index is 379. The maximum atomic E-state index is 5.74. The maximum Gasteiger partial charge on any atom is 0.231 e. The van der Waals surface area contributed by atoms with Crippen LogP contribution in [-0.2, 0) is 0 Å². The van der Waals surface area contributed by atoms with Crippen LogP contribution < -0.4 is 15.2 Å². The smallest absolute Gasteiger partial charge is 0.231 e. The zero-order chi connectivity index (χ0) is 12.8. The van der Waals surface area contributed by atoms with Crippen molar-refractivity contribution in [2.24, 2.45) is 5.73 Å². The van der Waals surface area contributed by atoms with Gasteiger partial charge < -0.3 is 15.2 Å². The molecule has 0 aromatic heterocycles. The maximum absolute atomic E-state index is 5.74. The minimum Gasteiger partial charge on any atom is -0.454 e. The third kappa shape index (κ3) is 2.96. The molecule has 1 aliphatic heterocycles. The molecule has 3 nitrogen and oxygen atoms in total. The minimum atomic E-state index is 0.344. The molecular weight excluding hydrogens is 226 g/mol. The third-order valence-corrected chi connectivity index (χ3v) is 3.54. The summed E-state index contributed by atoms with van der Waals surface area (Å²) >= 11 is 0. The van der Waals surface area contributed by atoms with Crippen LogP contribution in [0.4, 0.5) is 0 Å². The van der Waals surface area contributed by atoms with Crippen LogP contribution in [-0.4, -0.2) is 13.3 Å². The predicted molar refractivity (Wildman–Crippen MR) is 73.1 cm³/mol. The fraction of sp³-hybridized carbons (Fsp3) is 0.600. The van der Waals surface area contributed by atoms with E-state index in [0.717, 1.165) is 24.5 Å². The van der Waals surface area contributed by atoms with Gasteiger partial charge in [-0.3, -0.25) is 0 Å². The van der Waals surface area contributed by atoms with Crippen LogP contribution in [0, 0.1) is 0 Å². The lowest BCUT2D eigenvalue weighted by atomic mass is 9.89. The lowest BCUT2D eigenvalue weighted by Gasteiger charge is -2.18. The van der Waals surface area contributed by atoms with Gasteiger partial charge in [0.2, 0.25) is 6.79 Å². The quantitative estimate of drug-likeness (QED) is 0.753. The zero-order valence-corrected chi connectivity index (χ0v) is 11.2.